The minimum atomic E-state index is -0.826. The highest BCUT2D eigenvalue weighted by molar-refractivity contribution is 6.34. The van der Waals surface area contributed by atoms with E-state index in [9.17, 15) is 22.8 Å². The maximum Gasteiger partial charge on any atom is 0.343 e. The van der Waals surface area contributed by atoms with Crippen molar-refractivity contribution in [3.05, 3.63) is 119 Å². The largest absolute Gasteiger partial charge is 0.422 e. The highest BCUT2D eigenvalue weighted by Crippen LogP contribution is 2.31. The van der Waals surface area contributed by atoms with Gasteiger partial charge in [-0.3, -0.25) is 4.79 Å². The van der Waals surface area contributed by atoms with Crippen LogP contribution in [-0.2, 0) is 0 Å². The number of carbonyl (C=O) groups is 2. The van der Waals surface area contributed by atoms with Crippen LogP contribution in [0.15, 0.2) is 84.9 Å². The average molecular weight is 482 g/mol. The lowest BCUT2D eigenvalue weighted by molar-refractivity contribution is 0.0733. The summed E-state index contributed by atoms with van der Waals surface area (Å²) in [7, 11) is 0. The molecule has 4 rings (SSSR count). The standard InChI is InChI=1S/C26H15ClF3NO3/c27-21-3-1-2-4-23(21)31-25(32)20-13-16(19-11-10-18(29)14-22(19)30)7-12-24(20)34-26(33)15-5-8-17(28)9-6-15/h1-14H,(H,31,32). The van der Waals surface area contributed by atoms with Gasteiger partial charge in [-0.15, -0.1) is 0 Å². The van der Waals surface area contributed by atoms with Crippen molar-refractivity contribution in [1.82, 2.24) is 0 Å². The molecule has 0 aliphatic heterocycles. The molecule has 0 bridgehead atoms. The predicted molar refractivity (Wildman–Crippen MR) is 123 cm³/mol. The van der Waals surface area contributed by atoms with E-state index in [1.165, 1.54) is 36.4 Å². The van der Waals surface area contributed by atoms with Gasteiger partial charge in [-0.2, -0.15) is 0 Å². The van der Waals surface area contributed by atoms with Gasteiger partial charge in [0.05, 0.1) is 21.8 Å². The van der Waals surface area contributed by atoms with Gasteiger partial charge in [-0.05, 0) is 66.2 Å². The van der Waals surface area contributed by atoms with Crippen molar-refractivity contribution in [2.45, 2.75) is 0 Å². The van der Waals surface area contributed by atoms with E-state index in [-0.39, 0.29) is 33.0 Å². The molecule has 0 spiro atoms. The molecule has 0 fully saturated rings. The van der Waals surface area contributed by atoms with Crippen molar-refractivity contribution in [3.8, 4) is 16.9 Å². The molecule has 0 radical (unpaired) electrons. The molecule has 0 unspecified atom stereocenters. The number of amides is 1. The second-order valence-electron chi connectivity index (χ2n) is 7.17. The van der Waals surface area contributed by atoms with Gasteiger partial charge in [0.15, 0.2) is 0 Å². The number of rotatable bonds is 5. The van der Waals surface area contributed by atoms with Gasteiger partial charge < -0.3 is 10.1 Å². The molecular formula is C26H15ClF3NO3. The molecule has 0 atom stereocenters. The Hall–Kier alpha value is -4.10. The van der Waals surface area contributed by atoms with Crippen LogP contribution in [0.2, 0.25) is 5.02 Å². The highest BCUT2D eigenvalue weighted by atomic mass is 35.5. The van der Waals surface area contributed by atoms with Crippen molar-refractivity contribution >= 4 is 29.2 Å². The molecule has 0 aliphatic rings. The second-order valence-corrected chi connectivity index (χ2v) is 7.57. The summed E-state index contributed by atoms with van der Waals surface area (Å²) < 4.78 is 46.3. The lowest BCUT2D eigenvalue weighted by atomic mass is 10.0. The molecule has 4 nitrogen and oxygen atoms in total. The van der Waals surface area contributed by atoms with Gasteiger partial charge in [0.25, 0.3) is 5.91 Å². The van der Waals surface area contributed by atoms with E-state index in [2.05, 4.69) is 5.32 Å². The molecule has 0 aliphatic carbocycles. The number of hydrogen-bond acceptors (Lipinski definition) is 3. The number of para-hydroxylation sites is 1. The fourth-order valence-corrected chi connectivity index (χ4v) is 3.37. The van der Waals surface area contributed by atoms with Crippen LogP contribution >= 0.6 is 11.6 Å². The molecule has 1 amide bonds. The maximum absolute atomic E-state index is 14.4. The molecule has 0 saturated carbocycles. The maximum atomic E-state index is 14.4. The van der Waals surface area contributed by atoms with Crippen LogP contribution in [-0.4, -0.2) is 11.9 Å². The summed E-state index contributed by atoms with van der Waals surface area (Å²) in [6.07, 6.45) is 0. The number of nitrogens with one attached hydrogen (secondary N) is 1. The van der Waals surface area contributed by atoms with Gasteiger partial charge in [-0.25, -0.2) is 18.0 Å². The van der Waals surface area contributed by atoms with Crippen molar-refractivity contribution < 1.29 is 27.5 Å². The van der Waals surface area contributed by atoms with Gasteiger partial charge >= 0.3 is 5.97 Å². The molecule has 34 heavy (non-hydrogen) atoms. The topological polar surface area (TPSA) is 55.4 Å². The lowest BCUT2D eigenvalue weighted by Crippen LogP contribution is -2.16. The summed E-state index contributed by atoms with van der Waals surface area (Å²) in [5.74, 6) is -3.73. The van der Waals surface area contributed by atoms with E-state index in [4.69, 9.17) is 16.3 Å². The monoisotopic (exact) mass is 481 g/mol. The highest BCUT2D eigenvalue weighted by Gasteiger charge is 2.20. The fraction of sp³-hybridized carbons (Fsp3) is 0. The Morgan fingerprint density at radius 2 is 1.50 bits per heavy atom. The zero-order chi connectivity index (χ0) is 24.2. The molecule has 8 heteroatoms. The van der Waals surface area contributed by atoms with Crippen molar-refractivity contribution in [1.29, 1.82) is 0 Å². The number of benzene rings is 4. The van der Waals surface area contributed by atoms with Gasteiger partial charge in [0, 0.05) is 11.6 Å². The van der Waals surface area contributed by atoms with Crippen LogP contribution in [0.1, 0.15) is 20.7 Å². The molecule has 170 valence electrons. The third-order valence-electron chi connectivity index (χ3n) is 4.87. The van der Waals surface area contributed by atoms with Gasteiger partial charge in [0.2, 0.25) is 0 Å². The number of halogens is 4. The Kier molecular flexibility index (Phi) is 6.65. The molecule has 0 heterocycles. The van der Waals surface area contributed by atoms with Crippen molar-refractivity contribution in [3.63, 3.8) is 0 Å². The molecule has 0 aromatic heterocycles. The normalized spacial score (nSPS) is 10.6. The van der Waals surface area contributed by atoms with E-state index in [1.54, 1.807) is 24.3 Å². The Labute approximate surface area is 197 Å². The molecule has 0 saturated heterocycles. The van der Waals surface area contributed by atoms with E-state index < -0.39 is 29.3 Å². The van der Waals surface area contributed by atoms with Crippen LogP contribution in [0.4, 0.5) is 18.9 Å². The molecule has 1 N–H and O–H groups in total. The van der Waals surface area contributed by atoms with Crippen LogP contribution in [0, 0.1) is 17.5 Å². The summed E-state index contributed by atoms with van der Waals surface area (Å²) in [6.45, 7) is 0. The molecule has 4 aromatic carbocycles. The van der Waals surface area contributed by atoms with Crippen LogP contribution in [0.25, 0.3) is 11.1 Å². The van der Waals surface area contributed by atoms with Gasteiger partial charge in [-0.1, -0.05) is 29.8 Å². The van der Waals surface area contributed by atoms with Crippen LogP contribution in [0.5, 0.6) is 5.75 Å². The van der Waals surface area contributed by atoms with Crippen molar-refractivity contribution in [2.75, 3.05) is 5.32 Å². The van der Waals surface area contributed by atoms with Gasteiger partial charge in [0.1, 0.15) is 23.2 Å². The smallest absolute Gasteiger partial charge is 0.343 e. The third kappa shape index (κ3) is 5.10. The summed E-state index contributed by atoms with van der Waals surface area (Å²) in [5.41, 5.74) is 0.570. The Balaban J connectivity index is 1.73. The summed E-state index contributed by atoms with van der Waals surface area (Å²) in [4.78, 5) is 25.7. The first-order chi connectivity index (χ1) is 16.3. The Morgan fingerprint density at radius 3 is 2.21 bits per heavy atom. The summed E-state index contributed by atoms with van der Waals surface area (Å²) in [5, 5.41) is 2.90. The van der Waals surface area contributed by atoms with Crippen LogP contribution < -0.4 is 10.1 Å². The predicted octanol–water partition coefficient (Wildman–Crippen LogP) is 6.90. The quantitative estimate of drug-likeness (QED) is 0.249. The number of carbonyl (C=O) groups excluding carboxylic acids is 2. The van der Waals surface area contributed by atoms with Crippen molar-refractivity contribution in [2.24, 2.45) is 0 Å². The minimum absolute atomic E-state index is 0.0459. The summed E-state index contributed by atoms with van der Waals surface area (Å²) >= 11 is 6.12. The average Bonchev–Trinajstić information content (AvgIpc) is 2.81. The SMILES string of the molecule is O=C(Oc1ccc(-c2ccc(F)cc2F)cc1C(=O)Nc1ccccc1Cl)c1ccc(F)cc1. The Bertz CT molecular complexity index is 1390. The zero-order valence-corrected chi connectivity index (χ0v) is 18.1. The Morgan fingerprint density at radius 1 is 0.794 bits per heavy atom. The fourth-order valence-electron chi connectivity index (χ4n) is 3.18. The van der Waals surface area contributed by atoms with E-state index in [1.807, 2.05) is 0 Å². The van der Waals surface area contributed by atoms with E-state index in [0.717, 1.165) is 24.3 Å². The molecule has 4 aromatic rings. The minimum Gasteiger partial charge on any atom is -0.422 e. The summed E-state index contributed by atoms with van der Waals surface area (Å²) in [6, 6.07) is 18.3. The zero-order valence-electron chi connectivity index (χ0n) is 17.3. The van der Waals surface area contributed by atoms with E-state index in [0.29, 0.717) is 5.69 Å². The number of anilines is 1. The third-order valence-corrected chi connectivity index (χ3v) is 5.20. The second kappa shape index (κ2) is 9.80. The first-order valence-corrected chi connectivity index (χ1v) is 10.3. The number of ether oxygens (including phenoxy) is 1. The number of hydrogen-bond donors (Lipinski definition) is 1. The van der Waals surface area contributed by atoms with E-state index >= 15 is 0 Å². The molecular weight excluding hydrogens is 467 g/mol. The lowest BCUT2D eigenvalue weighted by Gasteiger charge is -2.14. The first-order valence-electron chi connectivity index (χ1n) is 9.95. The first kappa shape index (κ1) is 23.1. The van der Waals surface area contributed by atoms with Crippen LogP contribution in [0.3, 0.4) is 0 Å². The number of esters is 1.